The van der Waals surface area contributed by atoms with Crippen molar-refractivity contribution in [3.63, 3.8) is 0 Å². The lowest BCUT2D eigenvalue weighted by Gasteiger charge is -2.19. The standard InChI is InChI=1S/C19H24ClN5O4/c1-11(2)25-16(8-9-22-25)24-18(27)12(3)29-17(26)10-15(23-19(21)28)13-4-6-14(20)7-5-13/h4-9,11-12,15H,10H2,1-3H3,(H,24,27)(H3,21,23,28)/t12-,15-/m0/s1. The summed E-state index contributed by atoms with van der Waals surface area (Å²) >= 11 is 5.87. The molecule has 0 unspecified atom stereocenters. The Morgan fingerprint density at radius 1 is 1.17 bits per heavy atom. The van der Waals surface area contributed by atoms with E-state index in [4.69, 9.17) is 22.1 Å². The zero-order valence-electron chi connectivity index (χ0n) is 16.4. The second-order valence-corrected chi connectivity index (χ2v) is 7.13. The highest BCUT2D eigenvalue weighted by Gasteiger charge is 2.23. The van der Waals surface area contributed by atoms with E-state index in [1.54, 1.807) is 41.2 Å². The van der Waals surface area contributed by atoms with Crippen molar-refractivity contribution in [3.05, 3.63) is 47.1 Å². The van der Waals surface area contributed by atoms with Gasteiger partial charge in [0.05, 0.1) is 18.7 Å². The number of primary amides is 1. The third-order valence-corrected chi connectivity index (χ3v) is 4.30. The van der Waals surface area contributed by atoms with Gasteiger partial charge in [-0.3, -0.25) is 9.59 Å². The molecule has 1 aromatic heterocycles. The number of anilines is 1. The van der Waals surface area contributed by atoms with Gasteiger partial charge in [0.2, 0.25) is 0 Å². The number of urea groups is 1. The van der Waals surface area contributed by atoms with E-state index in [0.29, 0.717) is 16.4 Å². The molecule has 156 valence electrons. The average molecular weight is 422 g/mol. The van der Waals surface area contributed by atoms with Crippen LogP contribution in [0, 0.1) is 0 Å². The number of aromatic nitrogens is 2. The molecule has 0 saturated heterocycles. The summed E-state index contributed by atoms with van der Waals surface area (Å²) in [6, 6.07) is 6.80. The van der Waals surface area contributed by atoms with E-state index < -0.39 is 30.1 Å². The van der Waals surface area contributed by atoms with Gasteiger partial charge in [0, 0.05) is 17.1 Å². The third kappa shape index (κ3) is 6.49. The van der Waals surface area contributed by atoms with E-state index in [0.717, 1.165) is 0 Å². The fourth-order valence-corrected chi connectivity index (χ4v) is 2.76. The lowest BCUT2D eigenvalue weighted by atomic mass is 10.0. The normalized spacial score (nSPS) is 12.9. The number of carbonyl (C=O) groups is 3. The largest absolute Gasteiger partial charge is 0.452 e. The molecular weight excluding hydrogens is 398 g/mol. The molecule has 29 heavy (non-hydrogen) atoms. The summed E-state index contributed by atoms with van der Waals surface area (Å²) in [5.74, 6) is -0.660. The van der Waals surface area contributed by atoms with Crippen LogP contribution < -0.4 is 16.4 Å². The second-order valence-electron chi connectivity index (χ2n) is 6.69. The van der Waals surface area contributed by atoms with Crippen LogP contribution in [-0.2, 0) is 14.3 Å². The molecule has 1 aromatic carbocycles. The molecule has 0 aliphatic rings. The van der Waals surface area contributed by atoms with Crippen LogP contribution >= 0.6 is 11.6 Å². The summed E-state index contributed by atoms with van der Waals surface area (Å²) in [5, 5.41) is 9.81. The summed E-state index contributed by atoms with van der Waals surface area (Å²) in [6.45, 7) is 5.31. The predicted octanol–water partition coefficient (Wildman–Crippen LogP) is 2.79. The minimum Gasteiger partial charge on any atom is -0.452 e. The SMILES string of the molecule is CC(C)n1nccc1NC(=O)[C@H](C)OC(=O)C[C@H](NC(N)=O)c1ccc(Cl)cc1. The Morgan fingerprint density at radius 2 is 1.83 bits per heavy atom. The molecule has 0 spiro atoms. The van der Waals surface area contributed by atoms with E-state index >= 15 is 0 Å². The maximum absolute atomic E-state index is 12.4. The maximum atomic E-state index is 12.4. The summed E-state index contributed by atoms with van der Waals surface area (Å²) < 4.78 is 6.86. The van der Waals surface area contributed by atoms with Crippen molar-refractivity contribution in [1.82, 2.24) is 15.1 Å². The Hall–Kier alpha value is -3.07. The zero-order chi connectivity index (χ0) is 21.6. The molecule has 10 heteroatoms. The molecule has 0 bridgehead atoms. The van der Waals surface area contributed by atoms with Crippen molar-refractivity contribution >= 4 is 35.3 Å². The molecule has 0 fully saturated rings. The zero-order valence-corrected chi connectivity index (χ0v) is 17.1. The number of hydrogen-bond donors (Lipinski definition) is 3. The fourth-order valence-electron chi connectivity index (χ4n) is 2.64. The lowest BCUT2D eigenvalue weighted by Crippen LogP contribution is -2.36. The summed E-state index contributed by atoms with van der Waals surface area (Å²) in [4.78, 5) is 36.0. The highest BCUT2D eigenvalue weighted by Crippen LogP contribution is 2.20. The highest BCUT2D eigenvalue weighted by atomic mass is 35.5. The molecule has 9 nitrogen and oxygen atoms in total. The van der Waals surface area contributed by atoms with Gasteiger partial charge in [-0.1, -0.05) is 23.7 Å². The van der Waals surface area contributed by atoms with E-state index in [2.05, 4.69) is 15.7 Å². The second kappa shape index (κ2) is 9.92. The van der Waals surface area contributed by atoms with Crippen LogP contribution in [0.2, 0.25) is 5.02 Å². The quantitative estimate of drug-likeness (QED) is 0.564. The Morgan fingerprint density at radius 3 is 2.41 bits per heavy atom. The molecule has 1 heterocycles. The fraction of sp³-hybridized carbons (Fsp3) is 0.368. The van der Waals surface area contributed by atoms with Crippen molar-refractivity contribution in [1.29, 1.82) is 0 Å². The molecule has 2 aromatic rings. The van der Waals surface area contributed by atoms with Crippen molar-refractivity contribution in [3.8, 4) is 0 Å². The van der Waals surface area contributed by atoms with E-state index in [9.17, 15) is 14.4 Å². The molecule has 0 aliphatic carbocycles. The highest BCUT2D eigenvalue weighted by molar-refractivity contribution is 6.30. The number of esters is 1. The number of hydrogen-bond acceptors (Lipinski definition) is 5. The van der Waals surface area contributed by atoms with Gasteiger partial charge in [0.25, 0.3) is 5.91 Å². The first-order chi connectivity index (χ1) is 13.7. The lowest BCUT2D eigenvalue weighted by molar-refractivity contribution is -0.153. The van der Waals surface area contributed by atoms with Crippen molar-refractivity contribution in [2.45, 2.75) is 45.4 Å². The van der Waals surface area contributed by atoms with Crippen LogP contribution in [0.5, 0.6) is 0 Å². The van der Waals surface area contributed by atoms with Gasteiger partial charge >= 0.3 is 12.0 Å². The van der Waals surface area contributed by atoms with Crippen LogP contribution in [0.3, 0.4) is 0 Å². The van der Waals surface area contributed by atoms with Gasteiger partial charge in [-0.05, 0) is 38.5 Å². The molecule has 4 N–H and O–H groups in total. The molecule has 0 saturated carbocycles. The molecule has 0 radical (unpaired) electrons. The average Bonchev–Trinajstić information content (AvgIpc) is 3.09. The van der Waals surface area contributed by atoms with Crippen LogP contribution in [0.15, 0.2) is 36.5 Å². The minimum absolute atomic E-state index is 0.0539. The Balaban J connectivity index is 1.99. The van der Waals surface area contributed by atoms with Crippen LogP contribution in [-0.4, -0.2) is 33.8 Å². The van der Waals surface area contributed by atoms with Gasteiger partial charge in [0.1, 0.15) is 5.82 Å². The first kappa shape index (κ1) is 22.2. The van der Waals surface area contributed by atoms with E-state index in [1.165, 1.54) is 6.92 Å². The van der Waals surface area contributed by atoms with E-state index in [1.807, 2.05) is 13.8 Å². The predicted molar refractivity (Wildman–Crippen MR) is 108 cm³/mol. The number of nitrogens with one attached hydrogen (secondary N) is 2. The first-order valence-corrected chi connectivity index (χ1v) is 9.40. The Bertz CT molecular complexity index is 866. The van der Waals surface area contributed by atoms with Gasteiger partial charge < -0.3 is 21.1 Å². The summed E-state index contributed by atoms with van der Waals surface area (Å²) in [7, 11) is 0. The van der Waals surface area contributed by atoms with Crippen molar-refractivity contribution in [2.75, 3.05) is 5.32 Å². The van der Waals surface area contributed by atoms with Crippen LogP contribution in [0.25, 0.3) is 0 Å². The molecule has 2 rings (SSSR count). The Kier molecular flexibility index (Phi) is 7.60. The van der Waals surface area contributed by atoms with Crippen molar-refractivity contribution in [2.24, 2.45) is 5.73 Å². The topological polar surface area (TPSA) is 128 Å². The van der Waals surface area contributed by atoms with Gasteiger partial charge in [-0.2, -0.15) is 5.10 Å². The van der Waals surface area contributed by atoms with E-state index in [-0.39, 0.29) is 12.5 Å². The number of carbonyl (C=O) groups excluding carboxylic acids is 3. The molecule has 3 amide bonds. The van der Waals surface area contributed by atoms with Crippen molar-refractivity contribution < 1.29 is 19.1 Å². The minimum atomic E-state index is -1.04. The number of amides is 3. The smallest absolute Gasteiger partial charge is 0.312 e. The van der Waals surface area contributed by atoms with Crippen LogP contribution in [0.4, 0.5) is 10.6 Å². The number of nitrogens with two attached hydrogens (primary N) is 1. The monoisotopic (exact) mass is 421 g/mol. The van der Waals surface area contributed by atoms with Gasteiger partial charge in [-0.15, -0.1) is 0 Å². The number of nitrogens with zero attached hydrogens (tertiary/aromatic N) is 2. The third-order valence-electron chi connectivity index (χ3n) is 4.05. The molecule has 2 atom stereocenters. The number of halogens is 1. The molecule has 0 aliphatic heterocycles. The summed E-state index contributed by atoms with van der Waals surface area (Å²) in [5.41, 5.74) is 5.83. The molecular formula is C19H24ClN5O4. The first-order valence-electron chi connectivity index (χ1n) is 9.02. The summed E-state index contributed by atoms with van der Waals surface area (Å²) in [6.07, 6.45) is 0.322. The maximum Gasteiger partial charge on any atom is 0.312 e. The Labute approximate surface area is 173 Å². The van der Waals surface area contributed by atoms with Gasteiger partial charge in [0.15, 0.2) is 6.10 Å². The number of ether oxygens (including phenoxy) is 1. The van der Waals surface area contributed by atoms with Crippen LogP contribution in [0.1, 0.15) is 44.8 Å². The number of benzene rings is 1. The van der Waals surface area contributed by atoms with Gasteiger partial charge in [-0.25, -0.2) is 9.48 Å². The number of rotatable bonds is 8.